The van der Waals surface area contributed by atoms with Gasteiger partial charge in [0.15, 0.2) is 8.32 Å². The molecule has 2 spiro atoms. The topological polar surface area (TPSA) is 9.23 Å². The van der Waals surface area contributed by atoms with E-state index in [0.717, 1.165) is 23.7 Å². The molecular weight excluding hydrogens is 440 g/mol. The summed E-state index contributed by atoms with van der Waals surface area (Å²) in [4.78, 5) is 0. The molecule has 0 saturated heterocycles. The van der Waals surface area contributed by atoms with E-state index >= 15 is 0 Å². The van der Waals surface area contributed by atoms with Crippen LogP contribution >= 0.6 is 0 Å². The van der Waals surface area contributed by atoms with Gasteiger partial charge < -0.3 is 4.43 Å². The van der Waals surface area contributed by atoms with Crippen molar-refractivity contribution in [2.24, 2.45) is 50.7 Å². The van der Waals surface area contributed by atoms with Crippen LogP contribution in [0.3, 0.4) is 0 Å². The van der Waals surface area contributed by atoms with E-state index < -0.39 is 8.32 Å². The Kier molecular flexibility index (Phi) is 6.22. The number of fused-ring (bicyclic) bond motifs is 2. The monoisotopic (exact) mass is 498 g/mol. The fraction of sp³-hybridized carbons (Fsp3) is 0.939. The minimum Gasteiger partial charge on any atom is -0.414 e. The minimum atomic E-state index is -1.51. The fourth-order valence-electron chi connectivity index (χ4n) is 11.8. The van der Waals surface area contributed by atoms with Crippen molar-refractivity contribution in [3.8, 4) is 0 Å². The van der Waals surface area contributed by atoms with Crippen LogP contribution < -0.4 is 0 Å². The van der Waals surface area contributed by atoms with Crippen LogP contribution in [0.1, 0.15) is 119 Å². The standard InChI is InChI=1S/C33H58OSi/c1-23(2)12-11-13-24(3)25-16-18-31(7)27-15-14-26-29(4,5)28(34-35(8,9)10)17-19-32(26)22-33(27,32)21-20-30(25,31)6/h12,24-28H,11,13-22H2,1-10H3/t24?,25?,26?,27?,28-,30?,31?,32?,33?/m0/s1. The second kappa shape index (κ2) is 8.21. The van der Waals surface area contributed by atoms with Gasteiger partial charge in [0.2, 0.25) is 0 Å². The largest absolute Gasteiger partial charge is 0.414 e. The zero-order valence-electron chi connectivity index (χ0n) is 25.2. The third-order valence-corrected chi connectivity index (χ3v) is 14.5. The predicted molar refractivity (Wildman–Crippen MR) is 153 cm³/mol. The lowest BCUT2D eigenvalue weighted by Crippen LogP contribution is -2.58. The molecule has 1 nitrogen and oxygen atoms in total. The van der Waals surface area contributed by atoms with Crippen molar-refractivity contribution in [3.05, 3.63) is 11.6 Å². The molecule has 5 saturated carbocycles. The molecule has 5 aliphatic carbocycles. The Morgan fingerprint density at radius 1 is 0.857 bits per heavy atom. The van der Waals surface area contributed by atoms with E-state index in [1.807, 2.05) is 0 Å². The van der Waals surface area contributed by atoms with Crippen molar-refractivity contribution in [2.75, 3.05) is 0 Å². The van der Waals surface area contributed by atoms with Gasteiger partial charge in [-0.25, -0.2) is 0 Å². The summed E-state index contributed by atoms with van der Waals surface area (Å²) < 4.78 is 6.87. The van der Waals surface area contributed by atoms with Gasteiger partial charge in [0.1, 0.15) is 0 Å². The van der Waals surface area contributed by atoms with Crippen LogP contribution in [0.5, 0.6) is 0 Å². The van der Waals surface area contributed by atoms with E-state index in [1.165, 1.54) is 69.8 Å². The highest BCUT2D eigenvalue weighted by molar-refractivity contribution is 6.69. The summed E-state index contributed by atoms with van der Waals surface area (Å²) >= 11 is 0. The van der Waals surface area contributed by atoms with Gasteiger partial charge in [-0.05, 0) is 155 Å². The van der Waals surface area contributed by atoms with Gasteiger partial charge in [0.05, 0.1) is 6.10 Å². The maximum absolute atomic E-state index is 6.87. The van der Waals surface area contributed by atoms with E-state index in [2.05, 4.69) is 74.2 Å². The number of allylic oxidation sites excluding steroid dienone is 2. The quantitative estimate of drug-likeness (QED) is 0.261. The first-order chi connectivity index (χ1) is 16.1. The molecule has 0 N–H and O–H groups in total. The lowest BCUT2D eigenvalue weighted by atomic mass is 9.41. The van der Waals surface area contributed by atoms with E-state index in [4.69, 9.17) is 4.43 Å². The maximum Gasteiger partial charge on any atom is 0.184 e. The summed E-state index contributed by atoms with van der Waals surface area (Å²) in [5.41, 5.74) is 4.26. The molecule has 8 unspecified atom stereocenters. The molecule has 0 aromatic heterocycles. The first-order valence-corrected chi connectivity index (χ1v) is 18.9. The van der Waals surface area contributed by atoms with Crippen molar-refractivity contribution in [3.63, 3.8) is 0 Å². The van der Waals surface area contributed by atoms with Gasteiger partial charge in [0.25, 0.3) is 0 Å². The summed E-state index contributed by atoms with van der Waals surface area (Å²) in [5.74, 6) is 3.66. The predicted octanol–water partition coefficient (Wildman–Crippen LogP) is 10.0. The Bertz CT molecular complexity index is 863. The zero-order chi connectivity index (χ0) is 25.7. The van der Waals surface area contributed by atoms with E-state index in [9.17, 15) is 0 Å². The summed E-state index contributed by atoms with van der Waals surface area (Å²) in [5, 5.41) is 0. The highest BCUT2D eigenvalue weighted by atomic mass is 28.4. The van der Waals surface area contributed by atoms with Crippen LogP contribution in [0.2, 0.25) is 19.6 Å². The average molecular weight is 499 g/mol. The Morgan fingerprint density at radius 2 is 1.51 bits per heavy atom. The summed E-state index contributed by atoms with van der Waals surface area (Å²) in [6.45, 7) is 25.0. The van der Waals surface area contributed by atoms with Crippen LogP contribution in [0.15, 0.2) is 11.6 Å². The van der Waals surface area contributed by atoms with Gasteiger partial charge in [-0.2, -0.15) is 0 Å². The van der Waals surface area contributed by atoms with Gasteiger partial charge in [-0.15, -0.1) is 0 Å². The van der Waals surface area contributed by atoms with Gasteiger partial charge in [0, 0.05) is 0 Å². The molecule has 0 bridgehead atoms. The van der Waals surface area contributed by atoms with Gasteiger partial charge in [-0.3, -0.25) is 0 Å². The number of hydrogen-bond donors (Lipinski definition) is 0. The molecule has 0 aromatic rings. The Morgan fingerprint density at radius 3 is 2.17 bits per heavy atom. The second-order valence-corrected chi connectivity index (χ2v) is 21.0. The van der Waals surface area contributed by atoms with E-state index in [-0.39, 0.29) is 0 Å². The lowest BCUT2D eigenvalue weighted by molar-refractivity contribution is -0.159. The van der Waals surface area contributed by atoms with Crippen LogP contribution in [0.25, 0.3) is 0 Å². The molecule has 0 amide bonds. The van der Waals surface area contributed by atoms with Gasteiger partial charge in [-0.1, -0.05) is 46.3 Å². The second-order valence-electron chi connectivity index (χ2n) is 16.6. The highest BCUT2D eigenvalue weighted by Crippen LogP contribution is 2.89. The molecule has 0 radical (unpaired) electrons. The maximum atomic E-state index is 6.87. The third kappa shape index (κ3) is 3.68. The summed E-state index contributed by atoms with van der Waals surface area (Å²) in [6.07, 6.45) is 19.0. The van der Waals surface area contributed by atoms with Crippen LogP contribution in [-0.4, -0.2) is 14.4 Å². The molecule has 0 aromatic carbocycles. The number of rotatable bonds is 6. The van der Waals surface area contributed by atoms with E-state index in [0.29, 0.717) is 33.2 Å². The van der Waals surface area contributed by atoms with Crippen molar-refractivity contribution in [1.82, 2.24) is 0 Å². The molecule has 5 aliphatic rings. The van der Waals surface area contributed by atoms with Crippen molar-refractivity contribution < 1.29 is 4.43 Å². The number of hydrogen-bond acceptors (Lipinski definition) is 1. The summed E-state index contributed by atoms with van der Waals surface area (Å²) in [6, 6.07) is 0. The summed E-state index contributed by atoms with van der Waals surface area (Å²) in [7, 11) is -1.51. The van der Waals surface area contributed by atoms with Crippen LogP contribution in [-0.2, 0) is 4.43 Å². The van der Waals surface area contributed by atoms with E-state index in [1.54, 1.807) is 6.42 Å². The van der Waals surface area contributed by atoms with Crippen LogP contribution in [0.4, 0.5) is 0 Å². The SMILES string of the molecule is CC(C)=CCCC(C)C1CCC2(C)C3CCC4C(C)(C)[C@@H](O[Si](C)(C)C)CCC45CC35CCC12C. The smallest absolute Gasteiger partial charge is 0.184 e. The average Bonchev–Trinajstić information content (AvgIpc) is 3.31. The highest BCUT2D eigenvalue weighted by Gasteiger charge is 2.82. The minimum absolute atomic E-state index is 0.340. The molecule has 9 atom stereocenters. The molecule has 0 aliphatic heterocycles. The molecule has 0 heterocycles. The van der Waals surface area contributed by atoms with Crippen LogP contribution in [0, 0.1) is 50.7 Å². The molecule has 5 fully saturated rings. The molecular formula is C33H58OSi. The normalized spacial score (nSPS) is 48.7. The molecule has 200 valence electrons. The van der Waals surface area contributed by atoms with Crippen molar-refractivity contribution in [2.45, 2.75) is 145 Å². The Hall–Kier alpha value is -0.0831. The van der Waals surface area contributed by atoms with Crippen molar-refractivity contribution in [1.29, 1.82) is 0 Å². The zero-order valence-corrected chi connectivity index (χ0v) is 26.2. The lowest BCUT2D eigenvalue weighted by Gasteiger charge is -2.64. The fourth-order valence-corrected chi connectivity index (χ4v) is 13.0. The Labute approximate surface area is 219 Å². The van der Waals surface area contributed by atoms with Gasteiger partial charge >= 0.3 is 0 Å². The molecule has 5 rings (SSSR count). The molecule has 2 heteroatoms. The van der Waals surface area contributed by atoms with Crippen molar-refractivity contribution >= 4 is 8.32 Å². The Balaban J connectivity index is 1.38. The molecule has 35 heavy (non-hydrogen) atoms. The first-order valence-electron chi connectivity index (χ1n) is 15.4. The third-order valence-electron chi connectivity index (χ3n) is 13.5. The first kappa shape index (κ1) is 26.5.